The van der Waals surface area contributed by atoms with E-state index in [0.29, 0.717) is 25.6 Å². The second-order valence-electron chi connectivity index (χ2n) is 12.8. The molecular formula is C35H43F2N3O5S. The number of benzene rings is 3. The highest BCUT2D eigenvalue weighted by Crippen LogP contribution is 2.32. The number of carbonyl (C=O) groups is 2. The van der Waals surface area contributed by atoms with Gasteiger partial charge in [-0.2, -0.15) is 0 Å². The molecule has 1 aliphatic carbocycles. The van der Waals surface area contributed by atoms with Crippen LogP contribution >= 0.6 is 0 Å². The number of fused-ring (bicyclic) bond motifs is 1. The van der Waals surface area contributed by atoms with Gasteiger partial charge in [-0.05, 0) is 74.4 Å². The van der Waals surface area contributed by atoms with Crippen LogP contribution < -0.4 is 15.4 Å². The lowest BCUT2D eigenvalue weighted by Gasteiger charge is -2.28. The molecule has 11 heteroatoms. The normalized spacial score (nSPS) is 15.9. The molecule has 0 aliphatic heterocycles. The largest absolute Gasteiger partial charge is 0.460 e. The molecule has 4 rings (SSSR count). The van der Waals surface area contributed by atoms with Crippen LogP contribution in [0, 0.1) is 0 Å². The summed E-state index contributed by atoms with van der Waals surface area (Å²) in [7, 11) is -4.24. The van der Waals surface area contributed by atoms with E-state index in [-0.39, 0.29) is 35.7 Å². The summed E-state index contributed by atoms with van der Waals surface area (Å²) in [6.45, 7) is 7.31. The molecule has 46 heavy (non-hydrogen) atoms. The van der Waals surface area contributed by atoms with E-state index in [9.17, 15) is 26.8 Å². The zero-order valence-electron chi connectivity index (χ0n) is 26.7. The fourth-order valence-corrected chi connectivity index (χ4v) is 6.76. The quantitative estimate of drug-likeness (QED) is 0.149. The van der Waals surface area contributed by atoms with Gasteiger partial charge in [0.25, 0.3) is 5.92 Å². The molecule has 0 bridgehead atoms. The van der Waals surface area contributed by atoms with Gasteiger partial charge in [-0.1, -0.05) is 60.7 Å². The number of aryl methyl sites for hydroxylation is 1. The lowest BCUT2D eigenvalue weighted by molar-refractivity contribution is -0.154. The Kier molecular flexibility index (Phi) is 11.3. The van der Waals surface area contributed by atoms with E-state index in [1.807, 2.05) is 32.9 Å². The summed E-state index contributed by atoms with van der Waals surface area (Å²) >= 11 is 0. The molecule has 0 aromatic heterocycles. The molecule has 0 unspecified atom stereocenters. The average molecular weight is 656 g/mol. The van der Waals surface area contributed by atoms with Gasteiger partial charge in [0, 0.05) is 32.0 Å². The number of hydrogen-bond acceptors (Lipinski definition) is 6. The summed E-state index contributed by atoms with van der Waals surface area (Å²) in [5.41, 5.74) is 2.87. The predicted molar refractivity (Wildman–Crippen MR) is 173 cm³/mol. The van der Waals surface area contributed by atoms with Gasteiger partial charge in [0.15, 0.2) is 0 Å². The van der Waals surface area contributed by atoms with Gasteiger partial charge in [0.1, 0.15) is 5.60 Å². The van der Waals surface area contributed by atoms with Crippen LogP contribution in [-0.2, 0) is 43.2 Å². The molecule has 248 valence electrons. The molecule has 0 saturated heterocycles. The standard InChI is InChI=1S/C35H43F2N3O5S/c1-34(2,3)45-33(42)18-19-38-23-24-16-17-29-26(20-24)12-8-15-30(29)39-32(41)22-31(25-10-6-5-7-11-25)40-46(43,44)28-14-9-13-27(21-28)35(4,36)37/h5-7,9-11,13-14,16-17,20-21,30-31,38,40H,8,12,15,18-19,22-23H2,1-4H3,(H,39,41)/t30-,31-/m1/s1. The van der Waals surface area contributed by atoms with Gasteiger partial charge in [-0.15, -0.1) is 0 Å². The minimum atomic E-state index is -4.24. The molecule has 0 spiro atoms. The van der Waals surface area contributed by atoms with Crippen molar-refractivity contribution in [2.75, 3.05) is 6.54 Å². The summed E-state index contributed by atoms with van der Waals surface area (Å²) in [5.74, 6) is -3.79. The highest BCUT2D eigenvalue weighted by molar-refractivity contribution is 7.89. The van der Waals surface area contributed by atoms with Gasteiger partial charge in [-0.3, -0.25) is 9.59 Å². The number of rotatable bonds is 13. The smallest absolute Gasteiger partial charge is 0.307 e. The van der Waals surface area contributed by atoms with Crippen LogP contribution in [0.2, 0.25) is 0 Å². The number of carbonyl (C=O) groups excluding carboxylic acids is 2. The van der Waals surface area contributed by atoms with Gasteiger partial charge in [0.05, 0.1) is 23.4 Å². The predicted octanol–water partition coefficient (Wildman–Crippen LogP) is 6.22. The monoisotopic (exact) mass is 655 g/mol. The number of amides is 1. The summed E-state index contributed by atoms with van der Waals surface area (Å²) in [6, 6.07) is 18.3. The van der Waals surface area contributed by atoms with Crippen molar-refractivity contribution in [2.24, 2.45) is 0 Å². The van der Waals surface area contributed by atoms with Crippen molar-refractivity contribution in [3.05, 3.63) is 101 Å². The highest BCUT2D eigenvalue weighted by atomic mass is 32.2. The molecule has 3 aromatic carbocycles. The molecular weight excluding hydrogens is 612 g/mol. The lowest BCUT2D eigenvalue weighted by atomic mass is 9.86. The summed E-state index contributed by atoms with van der Waals surface area (Å²) in [5, 5.41) is 6.38. The van der Waals surface area contributed by atoms with E-state index in [1.54, 1.807) is 30.3 Å². The van der Waals surface area contributed by atoms with Gasteiger partial charge in [0.2, 0.25) is 15.9 Å². The zero-order valence-corrected chi connectivity index (χ0v) is 27.6. The molecule has 0 saturated carbocycles. The molecule has 0 heterocycles. The first-order chi connectivity index (χ1) is 21.6. The maximum absolute atomic E-state index is 13.9. The van der Waals surface area contributed by atoms with Gasteiger partial charge >= 0.3 is 5.97 Å². The fraction of sp³-hybridized carbons (Fsp3) is 0.429. The molecule has 0 fully saturated rings. The van der Waals surface area contributed by atoms with Crippen molar-refractivity contribution in [3.8, 4) is 0 Å². The van der Waals surface area contributed by atoms with E-state index in [1.165, 1.54) is 18.2 Å². The van der Waals surface area contributed by atoms with Crippen LogP contribution in [0.25, 0.3) is 0 Å². The minimum Gasteiger partial charge on any atom is -0.460 e. The number of hydrogen-bond donors (Lipinski definition) is 3. The van der Waals surface area contributed by atoms with Crippen LogP contribution in [-0.4, -0.2) is 32.4 Å². The minimum absolute atomic E-state index is 0.182. The number of alkyl halides is 2. The van der Waals surface area contributed by atoms with Crippen molar-refractivity contribution in [3.63, 3.8) is 0 Å². The van der Waals surface area contributed by atoms with Crippen LogP contribution in [0.15, 0.2) is 77.7 Å². The maximum Gasteiger partial charge on any atom is 0.307 e. The van der Waals surface area contributed by atoms with Gasteiger partial charge in [-0.25, -0.2) is 21.9 Å². The Morgan fingerprint density at radius 2 is 1.72 bits per heavy atom. The van der Waals surface area contributed by atoms with E-state index in [4.69, 9.17) is 4.74 Å². The molecule has 1 aliphatic rings. The number of nitrogens with one attached hydrogen (secondary N) is 3. The van der Waals surface area contributed by atoms with Crippen LogP contribution in [0.5, 0.6) is 0 Å². The van der Waals surface area contributed by atoms with E-state index >= 15 is 0 Å². The van der Waals surface area contributed by atoms with Crippen molar-refractivity contribution in [1.82, 2.24) is 15.4 Å². The SMILES string of the molecule is CC(C)(C)OC(=O)CCNCc1ccc2c(c1)CCC[C@H]2NC(=O)C[C@@H](NS(=O)(=O)c1cccc(C(C)(F)F)c1)c1ccccc1. The van der Waals surface area contributed by atoms with E-state index in [0.717, 1.165) is 42.0 Å². The topological polar surface area (TPSA) is 114 Å². The Labute approximate surface area is 270 Å². The number of esters is 1. The Balaban J connectivity index is 1.41. The zero-order chi connectivity index (χ0) is 33.5. The molecule has 2 atom stereocenters. The Morgan fingerprint density at radius 1 is 0.978 bits per heavy atom. The third-order valence-electron chi connectivity index (χ3n) is 7.65. The first kappa shape index (κ1) is 35.2. The third-order valence-corrected chi connectivity index (χ3v) is 9.12. The van der Waals surface area contributed by atoms with Crippen molar-refractivity contribution in [2.45, 2.75) is 94.8 Å². The molecule has 1 amide bonds. The van der Waals surface area contributed by atoms with Crippen LogP contribution in [0.4, 0.5) is 8.78 Å². The van der Waals surface area contributed by atoms with Crippen LogP contribution in [0.1, 0.15) is 93.3 Å². The van der Waals surface area contributed by atoms with Gasteiger partial charge < -0.3 is 15.4 Å². The van der Waals surface area contributed by atoms with Crippen LogP contribution in [0.3, 0.4) is 0 Å². The number of ether oxygens (including phenoxy) is 1. The number of halogens is 2. The second kappa shape index (κ2) is 14.8. The Morgan fingerprint density at radius 3 is 2.41 bits per heavy atom. The first-order valence-electron chi connectivity index (χ1n) is 15.5. The number of sulfonamides is 1. The van der Waals surface area contributed by atoms with Crippen molar-refractivity contribution >= 4 is 21.9 Å². The average Bonchev–Trinajstić information content (AvgIpc) is 2.98. The summed E-state index contributed by atoms with van der Waals surface area (Å²) in [6.07, 6.45) is 2.58. The molecule has 8 nitrogen and oxygen atoms in total. The summed E-state index contributed by atoms with van der Waals surface area (Å²) in [4.78, 5) is 25.1. The third kappa shape index (κ3) is 10.2. The fourth-order valence-electron chi connectivity index (χ4n) is 5.49. The van der Waals surface area contributed by atoms with E-state index < -0.39 is 33.2 Å². The van der Waals surface area contributed by atoms with Crippen molar-refractivity contribution in [1.29, 1.82) is 0 Å². The summed E-state index contributed by atoms with van der Waals surface area (Å²) < 4.78 is 62.4. The lowest BCUT2D eigenvalue weighted by Crippen LogP contribution is -2.36. The van der Waals surface area contributed by atoms with E-state index in [2.05, 4.69) is 21.4 Å². The van der Waals surface area contributed by atoms with Crippen molar-refractivity contribution < 1.29 is 31.5 Å². The Bertz CT molecular complexity index is 1620. The first-order valence-corrected chi connectivity index (χ1v) is 17.0. The highest BCUT2D eigenvalue weighted by Gasteiger charge is 2.29. The molecule has 0 radical (unpaired) electrons. The maximum atomic E-state index is 13.9. The Hall–Kier alpha value is -3.67. The molecule has 3 aromatic rings. The second-order valence-corrected chi connectivity index (χ2v) is 14.5. The molecule has 3 N–H and O–H groups in total.